The van der Waals surface area contributed by atoms with Crippen LogP contribution >= 0.6 is 11.3 Å². The molecule has 1 aromatic carbocycles. The van der Waals surface area contributed by atoms with E-state index in [-0.39, 0.29) is 0 Å². The molecule has 0 bridgehead atoms. The molecular formula is C14H14N4S. The number of anilines is 2. The molecule has 0 aliphatic rings. The molecule has 19 heavy (non-hydrogen) atoms. The SMILES string of the molecule is Cc1cc2c(NCc3ccccc3)nc(N)nc2s1. The summed E-state index contributed by atoms with van der Waals surface area (Å²) in [5, 5.41) is 4.37. The number of aryl methyl sites for hydroxylation is 1. The van der Waals surface area contributed by atoms with E-state index in [1.807, 2.05) is 18.2 Å². The summed E-state index contributed by atoms with van der Waals surface area (Å²) in [6.07, 6.45) is 0. The number of nitrogens with zero attached hydrogens (tertiary/aromatic N) is 2. The molecule has 4 nitrogen and oxygen atoms in total. The van der Waals surface area contributed by atoms with Crippen LogP contribution in [0.25, 0.3) is 10.2 Å². The lowest BCUT2D eigenvalue weighted by atomic mass is 10.2. The van der Waals surface area contributed by atoms with Crippen LogP contribution in [0.1, 0.15) is 10.4 Å². The normalized spacial score (nSPS) is 10.8. The van der Waals surface area contributed by atoms with Gasteiger partial charge in [-0.1, -0.05) is 30.3 Å². The van der Waals surface area contributed by atoms with Crippen molar-refractivity contribution in [2.24, 2.45) is 0 Å². The molecule has 0 aliphatic carbocycles. The molecule has 0 unspecified atom stereocenters. The van der Waals surface area contributed by atoms with Crippen molar-refractivity contribution in [2.45, 2.75) is 13.5 Å². The monoisotopic (exact) mass is 270 g/mol. The zero-order valence-corrected chi connectivity index (χ0v) is 11.4. The van der Waals surface area contributed by atoms with Crippen LogP contribution in [0, 0.1) is 6.92 Å². The molecule has 0 fully saturated rings. The third kappa shape index (κ3) is 2.51. The zero-order valence-electron chi connectivity index (χ0n) is 10.6. The lowest BCUT2D eigenvalue weighted by molar-refractivity contribution is 1.11. The van der Waals surface area contributed by atoms with Gasteiger partial charge < -0.3 is 11.1 Å². The number of hydrogen-bond acceptors (Lipinski definition) is 5. The highest BCUT2D eigenvalue weighted by molar-refractivity contribution is 7.18. The summed E-state index contributed by atoms with van der Waals surface area (Å²) >= 11 is 1.63. The van der Waals surface area contributed by atoms with Crippen LogP contribution in [-0.2, 0) is 6.54 Å². The molecular weight excluding hydrogens is 256 g/mol. The quantitative estimate of drug-likeness (QED) is 0.767. The minimum absolute atomic E-state index is 0.310. The minimum atomic E-state index is 0.310. The van der Waals surface area contributed by atoms with Gasteiger partial charge in [0.25, 0.3) is 0 Å². The van der Waals surface area contributed by atoms with Crippen molar-refractivity contribution in [1.29, 1.82) is 0 Å². The van der Waals surface area contributed by atoms with Crippen LogP contribution in [-0.4, -0.2) is 9.97 Å². The number of hydrogen-bond donors (Lipinski definition) is 2. The van der Waals surface area contributed by atoms with Gasteiger partial charge in [-0.15, -0.1) is 11.3 Å². The van der Waals surface area contributed by atoms with Gasteiger partial charge in [0, 0.05) is 11.4 Å². The maximum absolute atomic E-state index is 5.75. The first-order valence-corrected chi connectivity index (χ1v) is 6.85. The number of nitrogen functional groups attached to an aromatic ring is 1. The second kappa shape index (κ2) is 4.85. The Morgan fingerprint density at radius 3 is 2.79 bits per heavy atom. The number of nitrogens with two attached hydrogens (primary N) is 1. The summed E-state index contributed by atoms with van der Waals surface area (Å²) in [6.45, 7) is 2.78. The predicted octanol–water partition coefficient (Wildman–Crippen LogP) is 3.19. The largest absolute Gasteiger partial charge is 0.368 e. The average molecular weight is 270 g/mol. The molecule has 0 radical (unpaired) electrons. The number of fused-ring (bicyclic) bond motifs is 1. The molecule has 3 aromatic rings. The molecule has 0 aliphatic heterocycles. The van der Waals surface area contributed by atoms with Gasteiger partial charge in [0.2, 0.25) is 5.95 Å². The Labute approximate surface area is 115 Å². The van der Waals surface area contributed by atoms with E-state index >= 15 is 0 Å². The number of nitrogens with one attached hydrogen (secondary N) is 1. The van der Waals surface area contributed by atoms with Gasteiger partial charge in [-0.25, -0.2) is 4.98 Å². The van der Waals surface area contributed by atoms with Crippen molar-refractivity contribution in [2.75, 3.05) is 11.1 Å². The highest BCUT2D eigenvalue weighted by atomic mass is 32.1. The van der Waals surface area contributed by atoms with E-state index < -0.39 is 0 Å². The van der Waals surface area contributed by atoms with E-state index in [9.17, 15) is 0 Å². The lowest BCUT2D eigenvalue weighted by Gasteiger charge is -2.07. The van der Waals surface area contributed by atoms with Crippen molar-refractivity contribution in [3.63, 3.8) is 0 Å². The van der Waals surface area contributed by atoms with Gasteiger partial charge >= 0.3 is 0 Å². The van der Waals surface area contributed by atoms with Gasteiger partial charge in [-0.3, -0.25) is 0 Å². The molecule has 96 valence electrons. The van der Waals surface area contributed by atoms with Crippen LogP contribution in [0.4, 0.5) is 11.8 Å². The van der Waals surface area contributed by atoms with Gasteiger partial charge in [-0.2, -0.15) is 4.98 Å². The predicted molar refractivity (Wildman–Crippen MR) is 80.3 cm³/mol. The Bertz CT molecular complexity index is 706. The van der Waals surface area contributed by atoms with Crippen molar-refractivity contribution < 1.29 is 0 Å². The van der Waals surface area contributed by atoms with Crippen LogP contribution in [0.15, 0.2) is 36.4 Å². The molecule has 5 heteroatoms. The Hall–Kier alpha value is -2.14. The first-order valence-electron chi connectivity index (χ1n) is 6.04. The molecule has 0 atom stereocenters. The summed E-state index contributed by atoms with van der Waals surface area (Å²) in [5.74, 6) is 1.11. The molecule has 0 amide bonds. The second-order valence-corrected chi connectivity index (χ2v) is 5.58. The molecule has 0 saturated carbocycles. The van der Waals surface area contributed by atoms with E-state index in [2.05, 4.69) is 40.4 Å². The van der Waals surface area contributed by atoms with E-state index in [1.165, 1.54) is 10.4 Å². The van der Waals surface area contributed by atoms with Crippen LogP contribution in [0.3, 0.4) is 0 Å². The third-order valence-electron chi connectivity index (χ3n) is 2.84. The summed E-state index contributed by atoms with van der Waals surface area (Å²) in [5.41, 5.74) is 6.96. The molecule has 2 aromatic heterocycles. The summed E-state index contributed by atoms with van der Waals surface area (Å²) in [7, 11) is 0. The number of aromatic nitrogens is 2. The maximum Gasteiger partial charge on any atom is 0.223 e. The Morgan fingerprint density at radius 2 is 2.00 bits per heavy atom. The third-order valence-corrected chi connectivity index (χ3v) is 3.78. The van der Waals surface area contributed by atoms with Gasteiger partial charge in [-0.05, 0) is 18.6 Å². The van der Waals surface area contributed by atoms with Crippen LogP contribution < -0.4 is 11.1 Å². The van der Waals surface area contributed by atoms with E-state index in [4.69, 9.17) is 5.73 Å². The topological polar surface area (TPSA) is 63.8 Å². The fourth-order valence-corrected chi connectivity index (χ4v) is 2.86. The van der Waals surface area contributed by atoms with Gasteiger partial charge in [0.15, 0.2) is 0 Å². The standard InChI is InChI=1S/C14H14N4S/c1-9-7-11-12(17-14(15)18-13(11)19-9)16-8-10-5-3-2-4-6-10/h2-7H,8H2,1H3,(H3,15,16,17,18). The number of benzene rings is 1. The molecule has 0 spiro atoms. The van der Waals surface area contributed by atoms with Crippen LogP contribution in [0.5, 0.6) is 0 Å². The molecule has 2 heterocycles. The summed E-state index contributed by atoms with van der Waals surface area (Å²) < 4.78 is 0. The molecule has 3 N–H and O–H groups in total. The number of thiophene rings is 1. The lowest BCUT2D eigenvalue weighted by Crippen LogP contribution is -2.04. The Balaban J connectivity index is 1.92. The summed E-state index contributed by atoms with van der Waals surface area (Å²) in [6, 6.07) is 12.3. The molecule has 3 rings (SSSR count). The van der Waals surface area contributed by atoms with E-state index in [1.54, 1.807) is 11.3 Å². The second-order valence-electron chi connectivity index (χ2n) is 4.35. The number of rotatable bonds is 3. The zero-order chi connectivity index (χ0) is 13.2. The summed E-state index contributed by atoms with van der Waals surface area (Å²) in [4.78, 5) is 10.7. The fraction of sp³-hybridized carbons (Fsp3) is 0.143. The Morgan fingerprint density at radius 1 is 1.21 bits per heavy atom. The van der Waals surface area contributed by atoms with Gasteiger partial charge in [0.1, 0.15) is 10.6 Å². The van der Waals surface area contributed by atoms with Crippen molar-refractivity contribution >= 4 is 33.3 Å². The fourth-order valence-electron chi connectivity index (χ4n) is 1.97. The van der Waals surface area contributed by atoms with E-state index in [0.717, 1.165) is 22.6 Å². The highest BCUT2D eigenvalue weighted by Gasteiger charge is 2.08. The molecule has 0 saturated heterocycles. The van der Waals surface area contributed by atoms with Crippen molar-refractivity contribution in [3.05, 3.63) is 46.8 Å². The van der Waals surface area contributed by atoms with Crippen molar-refractivity contribution in [3.8, 4) is 0 Å². The Kier molecular flexibility index (Phi) is 3.05. The highest BCUT2D eigenvalue weighted by Crippen LogP contribution is 2.29. The first kappa shape index (κ1) is 11.9. The van der Waals surface area contributed by atoms with Crippen molar-refractivity contribution in [1.82, 2.24) is 9.97 Å². The van der Waals surface area contributed by atoms with Crippen LogP contribution in [0.2, 0.25) is 0 Å². The smallest absolute Gasteiger partial charge is 0.223 e. The maximum atomic E-state index is 5.75. The van der Waals surface area contributed by atoms with E-state index in [0.29, 0.717) is 5.95 Å². The van der Waals surface area contributed by atoms with Gasteiger partial charge in [0.05, 0.1) is 5.39 Å². The first-order chi connectivity index (χ1) is 9.22. The average Bonchev–Trinajstić information content (AvgIpc) is 2.77. The minimum Gasteiger partial charge on any atom is -0.368 e.